The molecular formula is C17H25N3O. The van der Waals surface area contributed by atoms with Gasteiger partial charge in [0.1, 0.15) is 0 Å². The molecule has 2 heterocycles. The van der Waals surface area contributed by atoms with Crippen LogP contribution in [0.4, 0.5) is 0 Å². The van der Waals surface area contributed by atoms with E-state index in [0.29, 0.717) is 0 Å². The van der Waals surface area contributed by atoms with Crippen LogP contribution in [0.2, 0.25) is 0 Å². The third kappa shape index (κ3) is 2.77. The maximum absolute atomic E-state index is 10.4. The van der Waals surface area contributed by atoms with Gasteiger partial charge in [0.25, 0.3) is 0 Å². The van der Waals surface area contributed by atoms with Gasteiger partial charge in [0, 0.05) is 36.7 Å². The molecule has 4 nitrogen and oxygen atoms in total. The van der Waals surface area contributed by atoms with E-state index in [1.807, 2.05) is 17.9 Å². The van der Waals surface area contributed by atoms with Crippen LogP contribution in [0.5, 0.6) is 0 Å². The smallest absolute Gasteiger partial charge is 0.0812 e. The lowest BCUT2D eigenvalue weighted by Crippen LogP contribution is -2.27. The van der Waals surface area contributed by atoms with E-state index in [4.69, 9.17) is 0 Å². The number of hydrogen-bond acceptors (Lipinski definition) is 2. The van der Waals surface area contributed by atoms with E-state index in [0.717, 1.165) is 31.4 Å². The number of aliphatic hydroxyl groups excluding tert-OH is 1. The molecule has 0 fully saturated rings. The Morgan fingerprint density at radius 3 is 2.86 bits per heavy atom. The molecule has 1 aliphatic rings. The summed E-state index contributed by atoms with van der Waals surface area (Å²) in [6.45, 7) is 7.58. The lowest BCUT2D eigenvalue weighted by atomic mass is 9.75. The number of nitrogens with zero attached hydrogens (tertiary/aromatic N) is 3. The Morgan fingerprint density at radius 2 is 2.19 bits per heavy atom. The summed E-state index contributed by atoms with van der Waals surface area (Å²) in [5.74, 6) is 0. The van der Waals surface area contributed by atoms with E-state index in [-0.39, 0.29) is 11.5 Å². The fourth-order valence-electron chi connectivity index (χ4n) is 3.55. The minimum atomic E-state index is -0.318. The van der Waals surface area contributed by atoms with Crippen LogP contribution in [0.3, 0.4) is 0 Å². The van der Waals surface area contributed by atoms with Crippen LogP contribution in [0, 0.1) is 12.3 Å². The first-order valence-electron chi connectivity index (χ1n) is 7.70. The minimum Gasteiger partial charge on any atom is -0.388 e. The van der Waals surface area contributed by atoms with Crippen LogP contribution < -0.4 is 0 Å². The standard InChI is InChI=1S/C17H25N3O/c1-12-7-14-15(8-17(2,3)9-16(14)21)20(12)6-5-13-10-18-19(4)11-13/h7,10-11,16,21H,5-6,8-9H2,1-4H3. The van der Waals surface area contributed by atoms with E-state index in [1.165, 1.54) is 17.0 Å². The van der Waals surface area contributed by atoms with Gasteiger partial charge < -0.3 is 9.67 Å². The highest BCUT2D eigenvalue weighted by molar-refractivity contribution is 5.33. The van der Waals surface area contributed by atoms with Gasteiger partial charge in [-0.3, -0.25) is 4.68 Å². The summed E-state index contributed by atoms with van der Waals surface area (Å²) in [4.78, 5) is 0. The van der Waals surface area contributed by atoms with Crippen molar-refractivity contribution in [2.45, 2.75) is 52.7 Å². The number of aliphatic hydroxyl groups is 1. The minimum absolute atomic E-state index is 0.170. The Labute approximate surface area is 126 Å². The average molecular weight is 287 g/mol. The molecule has 2 aromatic rings. The lowest BCUT2D eigenvalue weighted by molar-refractivity contribution is 0.0979. The van der Waals surface area contributed by atoms with Crippen molar-refractivity contribution in [3.63, 3.8) is 0 Å². The molecule has 0 saturated heterocycles. The normalized spacial score (nSPS) is 20.5. The second-order valence-corrected chi connectivity index (χ2v) is 7.17. The fraction of sp³-hybridized carbons (Fsp3) is 0.588. The quantitative estimate of drug-likeness (QED) is 0.943. The van der Waals surface area contributed by atoms with Crippen molar-refractivity contribution in [1.82, 2.24) is 14.3 Å². The molecule has 0 radical (unpaired) electrons. The van der Waals surface area contributed by atoms with Crippen molar-refractivity contribution in [3.05, 3.63) is 41.0 Å². The molecule has 1 aliphatic carbocycles. The van der Waals surface area contributed by atoms with Crippen molar-refractivity contribution in [1.29, 1.82) is 0 Å². The van der Waals surface area contributed by atoms with Crippen LogP contribution in [0.1, 0.15) is 48.9 Å². The van der Waals surface area contributed by atoms with E-state index in [1.54, 1.807) is 0 Å². The Morgan fingerprint density at radius 1 is 1.43 bits per heavy atom. The van der Waals surface area contributed by atoms with Crippen molar-refractivity contribution < 1.29 is 5.11 Å². The summed E-state index contributed by atoms with van der Waals surface area (Å²) >= 11 is 0. The summed E-state index contributed by atoms with van der Waals surface area (Å²) < 4.78 is 4.23. The number of aryl methyl sites for hydroxylation is 3. The number of rotatable bonds is 3. The zero-order valence-electron chi connectivity index (χ0n) is 13.4. The predicted molar refractivity (Wildman–Crippen MR) is 83.1 cm³/mol. The van der Waals surface area contributed by atoms with Gasteiger partial charge in [-0.2, -0.15) is 5.10 Å². The summed E-state index contributed by atoms with van der Waals surface area (Å²) in [5, 5.41) is 14.6. The number of aromatic nitrogens is 3. The largest absolute Gasteiger partial charge is 0.388 e. The molecule has 114 valence electrons. The second-order valence-electron chi connectivity index (χ2n) is 7.17. The van der Waals surface area contributed by atoms with Crippen molar-refractivity contribution in [2.75, 3.05) is 0 Å². The third-order valence-electron chi connectivity index (χ3n) is 4.58. The molecule has 0 amide bonds. The van der Waals surface area contributed by atoms with Crippen molar-refractivity contribution in [2.24, 2.45) is 12.5 Å². The van der Waals surface area contributed by atoms with E-state index >= 15 is 0 Å². The maximum Gasteiger partial charge on any atom is 0.0812 e. The highest BCUT2D eigenvalue weighted by atomic mass is 16.3. The highest BCUT2D eigenvalue weighted by Gasteiger charge is 2.33. The van der Waals surface area contributed by atoms with Gasteiger partial charge in [0.15, 0.2) is 0 Å². The summed E-state index contributed by atoms with van der Waals surface area (Å²) in [6.07, 6.45) is 6.56. The molecule has 0 aromatic carbocycles. The first kappa shape index (κ1) is 14.4. The molecule has 4 heteroatoms. The molecular weight excluding hydrogens is 262 g/mol. The van der Waals surface area contributed by atoms with Gasteiger partial charge in [-0.05, 0) is 43.2 Å². The van der Waals surface area contributed by atoms with Gasteiger partial charge in [-0.15, -0.1) is 0 Å². The predicted octanol–water partition coefficient (Wildman–Crippen LogP) is 2.78. The summed E-state index contributed by atoms with van der Waals surface area (Å²) in [5.41, 5.74) is 5.14. The topological polar surface area (TPSA) is 43.0 Å². The number of hydrogen-bond donors (Lipinski definition) is 1. The van der Waals surface area contributed by atoms with E-state index in [2.05, 4.69) is 42.7 Å². The maximum atomic E-state index is 10.4. The molecule has 0 saturated carbocycles. The van der Waals surface area contributed by atoms with Gasteiger partial charge in [-0.25, -0.2) is 0 Å². The molecule has 1 N–H and O–H groups in total. The van der Waals surface area contributed by atoms with Crippen molar-refractivity contribution >= 4 is 0 Å². The Hall–Kier alpha value is -1.55. The van der Waals surface area contributed by atoms with Crippen LogP contribution >= 0.6 is 0 Å². The van der Waals surface area contributed by atoms with Gasteiger partial charge in [0.2, 0.25) is 0 Å². The van der Waals surface area contributed by atoms with Gasteiger partial charge in [0.05, 0.1) is 12.3 Å². The van der Waals surface area contributed by atoms with Gasteiger partial charge in [-0.1, -0.05) is 13.8 Å². The second kappa shape index (κ2) is 5.02. The SMILES string of the molecule is Cc1cc2c(n1CCc1cnn(C)c1)CC(C)(C)CC2O. The molecule has 2 aromatic heterocycles. The zero-order chi connectivity index (χ0) is 15.2. The average Bonchev–Trinajstić information content (AvgIpc) is 2.90. The Balaban J connectivity index is 1.86. The monoisotopic (exact) mass is 287 g/mol. The van der Waals surface area contributed by atoms with Crippen LogP contribution in [-0.2, 0) is 26.4 Å². The van der Waals surface area contributed by atoms with Gasteiger partial charge >= 0.3 is 0 Å². The lowest BCUT2D eigenvalue weighted by Gasteiger charge is -2.34. The Bertz CT molecular complexity index is 651. The molecule has 0 bridgehead atoms. The third-order valence-corrected chi connectivity index (χ3v) is 4.58. The number of fused-ring (bicyclic) bond motifs is 1. The fourth-order valence-corrected chi connectivity index (χ4v) is 3.55. The first-order valence-corrected chi connectivity index (χ1v) is 7.70. The highest BCUT2D eigenvalue weighted by Crippen LogP contribution is 2.41. The summed E-state index contributed by atoms with van der Waals surface area (Å²) in [6, 6.07) is 2.17. The van der Waals surface area contributed by atoms with E-state index < -0.39 is 0 Å². The molecule has 1 atom stereocenters. The molecule has 1 unspecified atom stereocenters. The van der Waals surface area contributed by atoms with Crippen LogP contribution in [-0.4, -0.2) is 19.5 Å². The molecule has 0 aliphatic heterocycles. The molecule has 21 heavy (non-hydrogen) atoms. The van der Waals surface area contributed by atoms with Crippen LogP contribution in [0.25, 0.3) is 0 Å². The first-order chi connectivity index (χ1) is 9.85. The zero-order valence-corrected chi connectivity index (χ0v) is 13.4. The van der Waals surface area contributed by atoms with E-state index in [9.17, 15) is 5.11 Å². The Kier molecular flexibility index (Phi) is 3.44. The van der Waals surface area contributed by atoms with Crippen molar-refractivity contribution in [3.8, 4) is 0 Å². The molecule has 0 spiro atoms. The molecule has 3 rings (SSSR count). The van der Waals surface area contributed by atoms with Crippen LogP contribution in [0.15, 0.2) is 18.5 Å². The summed E-state index contributed by atoms with van der Waals surface area (Å²) in [7, 11) is 1.95.